The van der Waals surface area contributed by atoms with E-state index >= 15 is 0 Å². The maximum Gasteiger partial charge on any atom is 0.416 e. The van der Waals surface area contributed by atoms with Gasteiger partial charge in [-0.3, -0.25) is 14.4 Å². The van der Waals surface area contributed by atoms with Gasteiger partial charge in [0.25, 0.3) is 11.5 Å². The van der Waals surface area contributed by atoms with E-state index in [1.165, 1.54) is 28.8 Å². The third-order valence-electron chi connectivity index (χ3n) is 5.73. The van der Waals surface area contributed by atoms with Gasteiger partial charge in [0, 0.05) is 17.8 Å². The number of pyridine rings is 1. The van der Waals surface area contributed by atoms with E-state index in [1.54, 1.807) is 0 Å². The van der Waals surface area contributed by atoms with Crippen LogP contribution in [0.25, 0.3) is 15.7 Å². The van der Waals surface area contributed by atoms with Crippen LogP contribution in [-0.2, 0) is 23.9 Å². The molecule has 0 fully saturated rings. The predicted molar refractivity (Wildman–Crippen MR) is 114 cm³/mol. The van der Waals surface area contributed by atoms with E-state index in [0.29, 0.717) is 16.6 Å². The van der Waals surface area contributed by atoms with Crippen LogP contribution >= 0.6 is 0 Å². The molecule has 0 spiro atoms. The van der Waals surface area contributed by atoms with Crippen molar-refractivity contribution in [3.05, 3.63) is 80.4 Å². The highest BCUT2D eigenvalue weighted by atomic mass is 19.4. The van der Waals surface area contributed by atoms with Crippen LogP contribution in [0.4, 0.5) is 18.9 Å². The Labute approximate surface area is 189 Å². The summed E-state index contributed by atoms with van der Waals surface area (Å²) < 4.78 is 40.1. The molecule has 1 aliphatic rings. The monoisotopic (exact) mass is 471 g/mol. The summed E-state index contributed by atoms with van der Waals surface area (Å²) in [5.41, 5.74) is -0.872. The van der Waals surface area contributed by atoms with E-state index < -0.39 is 53.0 Å². The number of aromatic nitrogens is 1. The van der Waals surface area contributed by atoms with Crippen molar-refractivity contribution in [1.29, 1.82) is 0 Å². The molecule has 3 N–H and O–H groups in total. The summed E-state index contributed by atoms with van der Waals surface area (Å²) in [4.78, 5) is 39.9. The summed E-state index contributed by atoms with van der Waals surface area (Å²) in [6.07, 6.45) is -4.21. The molecule has 1 amide bonds. The Bertz CT molecular complexity index is 1440. The molecule has 174 valence electrons. The zero-order valence-electron chi connectivity index (χ0n) is 17.3. The van der Waals surface area contributed by atoms with E-state index in [-0.39, 0.29) is 24.0 Å². The van der Waals surface area contributed by atoms with Crippen LogP contribution in [0.2, 0.25) is 0 Å². The minimum atomic E-state index is -4.50. The highest BCUT2D eigenvalue weighted by Gasteiger charge is 2.32. The number of amides is 1. The molecule has 1 aromatic heterocycles. The van der Waals surface area contributed by atoms with Crippen LogP contribution in [0.1, 0.15) is 33.0 Å². The number of carbonyl (C=O) groups is 2. The van der Waals surface area contributed by atoms with E-state index in [9.17, 15) is 32.7 Å². The third-order valence-corrected chi connectivity index (χ3v) is 5.73. The normalized spacial score (nSPS) is 15.1. The number of nitrogens with zero attached hydrogens (tertiary/aromatic N) is 2. The summed E-state index contributed by atoms with van der Waals surface area (Å²) in [5, 5.41) is 21.6. The number of halogens is 3. The van der Waals surface area contributed by atoms with Crippen molar-refractivity contribution in [2.24, 2.45) is 0 Å². The van der Waals surface area contributed by atoms with E-state index in [0.717, 1.165) is 12.1 Å². The number of carbonyl (C=O) groups excluding carboxylic acids is 1. The second kappa shape index (κ2) is 8.22. The van der Waals surface area contributed by atoms with Gasteiger partial charge in [-0.05, 0) is 35.7 Å². The van der Waals surface area contributed by atoms with Gasteiger partial charge >= 0.3 is 12.1 Å². The Balaban J connectivity index is 1.86. The van der Waals surface area contributed by atoms with Gasteiger partial charge in [-0.2, -0.15) is 13.2 Å². The number of rotatable bonds is 4. The molecular formula is C23H16F3N3O5. The molecule has 3 aromatic rings. The minimum Gasteiger partial charge on any atom is -0.506 e. The Morgan fingerprint density at radius 2 is 1.88 bits per heavy atom. The van der Waals surface area contributed by atoms with Gasteiger partial charge in [-0.25, -0.2) is 4.85 Å². The molecule has 1 atom stereocenters. The van der Waals surface area contributed by atoms with Crippen LogP contribution in [-0.4, -0.2) is 33.2 Å². The fourth-order valence-electron chi connectivity index (χ4n) is 4.21. The van der Waals surface area contributed by atoms with Crippen molar-refractivity contribution in [3.63, 3.8) is 0 Å². The van der Waals surface area contributed by atoms with Gasteiger partial charge < -0.3 is 20.1 Å². The van der Waals surface area contributed by atoms with Crippen molar-refractivity contribution < 1.29 is 33.0 Å². The molecular weight excluding hydrogens is 455 g/mol. The summed E-state index contributed by atoms with van der Waals surface area (Å²) >= 11 is 0. The minimum absolute atomic E-state index is 0.00452. The van der Waals surface area contributed by atoms with Crippen molar-refractivity contribution >= 4 is 28.5 Å². The summed E-state index contributed by atoms with van der Waals surface area (Å²) in [6, 6.07) is 7.38. The molecule has 0 bridgehead atoms. The number of aromatic hydroxyl groups is 1. The Morgan fingerprint density at radius 3 is 2.47 bits per heavy atom. The topological polar surface area (TPSA) is 113 Å². The zero-order chi connectivity index (χ0) is 24.8. The Hall–Kier alpha value is -4.33. The molecule has 11 heteroatoms. The fraction of sp³-hybridized carbons (Fsp3) is 0.217. The van der Waals surface area contributed by atoms with E-state index in [2.05, 4.69) is 4.85 Å². The zero-order valence-corrected chi connectivity index (χ0v) is 17.3. The van der Waals surface area contributed by atoms with Crippen molar-refractivity contribution in [2.45, 2.75) is 25.1 Å². The third kappa shape index (κ3) is 3.94. The number of carboxylic acid groups (broad SMARTS) is 1. The van der Waals surface area contributed by atoms with E-state index in [1.807, 2.05) is 5.32 Å². The fourth-order valence-corrected chi connectivity index (χ4v) is 4.21. The standard InChI is InChI=1S/C23H16F3N3O5/c1-27-15-7-12-6-13(11-2-4-14(5-3-11)23(24,25)26)10-29-19(12)16(8-15)20(32)18(22(29)34)21(33)28-9-17(30)31/h2-5,7-8,13,32H,6,9-10H2,(H,28,33)(H,30,31). The lowest BCUT2D eigenvalue weighted by Gasteiger charge is -2.28. The maximum absolute atomic E-state index is 13.2. The summed E-state index contributed by atoms with van der Waals surface area (Å²) in [5.74, 6) is -3.56. The first-order chi connectivity index (χ1) is 16.0. The van der Waals surface area contributed by atoms with Crippen LogP contribution < -0.4 is 10.9 Å². The van der Waals surface area contributed by atoms with Gasteiger partial charge in [-0.15, -0.1) is 0 Å². The molecule has 0 saturated heterocycles. The predicted octanol–water partition coefficient (Wildman–Crippen LogP) is 3.43. The maximum atomic E-state index is 13.2. The lowest BCUT2D eigenvalue weighted by molar-refractivity contribution is -0.138. The Morgan fingerprint density at radius 1 is 1.21 bits per heavy atom. The highest BCUT2D eigenvalue weighted by Crippen LogP contribution is 2.39. The molecule has 0 aliphatic carbocycles. The van der Waals surface area contributed by atoms with Crippen LogP contribution in [0.3, 0.4) is 0 Å². The van der Waals surface area contributed by atoms with Crippen molar-refractivity contribution in [3.8, 4) is 5.75 Å². The second-order valence-corrected chi connectivity index (χ2v) is 7.85. The van der Waals surface area contributed by atoms with Gasteiger partial charge in [0.05, 0.1) is 17.7 Å². The van der Waals surface area contributed by atoms with Gasteiger partial charge in [0.2, 0.25) is 0 Å². The first-order valence-electron chi connectivity index (χ1n) is 9.98. The lowest BCUT2D eigenvalue weighted by atomic mass is 9.86. The number of carboxylic acids is 1. The molecule has 1 unspecified atom stereocenters. The number of alkyl halides is 3. The second-order valence-electron chi connectivity index (χ2n) is 7.85. The molecule has 0 saturated carbocycles. The molecule has 1 aliphatic heterocycles. The number of benzene rings is 2. The molecule has 8 nitrogen and oxygen atoms in total. The Kier molecular flexibility index (Phi) is 5.53. The van der Waals surface area contributed by atoms with Crippen molar-refractivity contribution in [2.75, 3.05) is 6.54 Å². The molecule has 2 aromatic carbocycles. The average molecular weight is 471 g/mol. The molecule has 0 radical (unpaired) electrons. The molecule has 2 heterocycles. The largest absolute Gasteiger partial charge is 0.506 e. The smallest absolute Gasteiger partial charge is 0.416 e. The number of hydrogen-bond acceptors (Lipinski definition) is 4. The first-order valence-corrected chi connectivity index (χ1v) is 9.98. The van der Waals surface area contributed by atoms with Gasteiger partial charge in [0.15, 0.2) is 5.69 Å². The van der Waals surface area contributed by atoms with Gasteiger partial charge in [-0.1, -0.05) is 18.2 Å². The molecule has 34 heavy (non-hydrogen) atoms. The number of nitrogens with one attached hydrogen (secondary N) is 1. The number of aliphatic carboxylic acids is 1. The highest BCUT2D eigenvalue weighted by molar-refractivity contribution is 6.04. The van der Waals surface area contributed by atoms with Crippen LogP contribution in [0.5, 0.6) is 5.75 Å². The van der Waals surface area contributed by atoms with Gasteiger partial charge in [0.1, 0.15) is 17.9 Å². The summed E-state index contributed by atoms with van der Waals surface area (Å²) in [6.45, 7) is 6.57. The average Bonchev–Trinajstić information content (AvgIpc) is 2.79. The van der Waals surface area contributed by atoms with Crippen LogP contribution in [0, 0.1) is 6.57 Å². The summed E-state index contributed by atoms with van der Waals surface area (Å²) in [7, 11) is 0. The quantitative estimate of drug-likeness (QED) is 0.505. The first kappa shape index (κ1) is 22.8. The SMILES string of the molecule is [C-]#[N+]c1cc2c3c(c1)c(O)c(C(=O)NCC(=O)O)c(=O)n3CC(c1ccc(C(F)(F)F)cc1)C2. The van der Waals surface area contributed by atoms with E-state index in [4.69, 9.17) is 11.7 Å². The molecule has 4 rings (SSSR count). The van der Waals surface area contributed by atoms with Crippen molar-refractivity contribution in [1.82, 2.24) is 9.88 Å². The number of hydrogen-bond donors (Lipinski definition) is 3. The van der Waals surface area contributed by atoms with Crippen LogP contribution in [0.15, 0.2) is 41.2 Å². The lowest BCUT2D eigenvalue weighted by Crippen LogP contribution is -2.37.